The van der Waals surface area contributed by atoms with E-state index < -0.39 is 10.0 Å². The van der Waals surface area contributed by atoms with Crippen LogP contribution >= 0.6 is 23.2 Å². The molecular weight excluding hydrogens is 317 g/mol. The molecule has 0 aromatic heterocycles. The van der Waals surface area contributed by atoms with Crippen molar-refractivity contribution in [3.05, 3.63) is 58.1 Å². The van der Waals surface area contributed by atoms with Crippen LogP contribution in [-0.4, -0.2) is 15.5 Å². The average molecular weight is 330 g/mol. The summed E-state index contributed by atoms with van der Waals surface area (Å²) in [5.41, 5.74) is 1.42. The van der Waals surface area contributed by atoms with Crippen LogP contribution in [0.3, 0.4) is 0 Å². The molecule has 0 unspecified atom stereocenters. The monoisotopic (exact) mass is 329 g/mol. The molecule has 106 valence electrons. The van der Waals surface area contributed by atoms with Gasteiger partial charge in [-0.1, -0.05) is 40.9 Å². The fraction of sp³-hybridized carbons (Fsp3) is 0.143. The molecule has 0 aliphatic heterocycles. The van der Waals surface area contributed by atoms with Crippen molar-refractivity contribution in [1.29, 1.82) is 0 Å². The lowest BCUT2D eigenvalue weighted by molar-refractivity contribution is 0.594. The van der Waals surface area contributed by atoms with Crippen LogP contribution in [0, 0.1) is 6.92 Å². The number of hydrogen-bond donors (Lipinski definition) is 0. The molecule has 0 saturated heterocycles. The number of rotatable bonds is 3. The van der Waals surface area contributed by atoms with Crippen LogP contribution in [0.4, 0.5) is 5.69 Å². The van der Waals surface area contributed by atoms with Crippen LogP contribution in [0.5, 0.6) is 0 Å². The number of hydrogen-bond acceptors (Lipinski definition) is 2. The van der Waals surface area contributed by atoms with Crippen molar-refractivity contribution in [1.82, 2.24) is 0 Å². The minimum atomic E-state index is -3.63. The molecule has 0 bridgehead atoms. The Kier molecular flexibility index (Phi) is 4.28. The maximum atomic E-state index is 12.5. The maximum absolute atomic E-state index is 12.5. The van der Waals surface area contributed by atoms with Crippen molar-refractivity contribution in [3.63, 3.8) is 0 Å². The van der Waals surface area contributed by atoms with E-state index in [2.05, 4.69) is 0 Å². The normalized spacial score (nSPS) is 11.4. The van der Waals surface area contributed by atoms with Crippen molar-refractivity contribution >= 4 is 38.9 Å². The molecule has 6 heteroatoms. The van der Waals surface area contributed by atoms with E-state index in [0.29, 0.717) is 15.7 Å². The van der Waals surface area contributed by atoms with Gasteiger partial charge in [-0.05, 0) is 37.3 Å². The molecule has 2 rings (SSSR count). The summed E-state index contributed by atoms with van der Waals surface area (Å²) in [6.45, 7) is 1.90. The van der Waals surface area contributed by atoms with Crippen molar-refractivity contribution in [2.24, 2.45) is 0 Å². The van der Waals surface area contributed by atoms with Crippen LogP contribution in [0.15, 0.2) is 47.4 Å². The van der Waals surface area contributed by atoms with Crippen LogP contribution in [0.25, 0.3) is 0 Å². The average Bonchev–Trinajstić information content (AvgIpc) is 2.37. The van der Waals surface area contributed by atoms with Gasteiger partial charge in [-0.25, -0.2) is 8.42 Å². The van der Waals surface area contributed by atoms with E-state index in [1.807, 2.05) is 6.92 Å². The summed E-state index contributed by atoms with van der Waals surface area (Å²) in [4.78, 5) is 0.224. The Morgan fingerprint density at radius 3 is 1.95 bits per heavy atom. The summed E-state index contributed by atoms with van der Waals surface area (Å²) in [5, 5.41) is 0.775. The minimum Gasteiger partial charge on any atom is -0.269 e. The molecule has 0 radical (unpaired) electrons. The highest BCUT2D eigenvalue weighted by Gasteiger charge is 2.21. The van der Waals surface area contributed by atoms with Gasteiger partial charge in [0, 0.05) is 17.1 Å². The first-order chi connectivity index (χ1) is 9.30. The molecule has 2 aromatic carbocycles. The molecule has 0 spiro atoms. The Morgan fingerprint density at radius 2 is 1.45 bits per heavy atom. The third-order valence-electron chi connectivity index (χ3n) is 2.89. The predicted octanol–water partition coefficient (Wildman–Crippen LogP) is 4.13. The third kappa shape index (κ3) is 3.08. The third-order valence-corrected chi connectivity index (χ3v) is 5.13. The molecule has 0 amide bonds. The maximum Gasteiger partial charge on any atom is 0.264 e. The molecule has 0 atom stereocenters. The zero-order valence-electron chi connectivity index (χ0n) is 11.0. The highest BCUT2D eigenvalue weighted by Crippen LogP contribution is 2.28. The fourth-order valence-electron chi connectivity index (χ4n) is 1.73. The zero-order chi connectivity index (χ0) is 14.9. The van der Waals surface area contributed by atoms with Crippen LogP contribution in [-0.2, 0) is 10.0 Å². The fourth-order valence-corrected chi connectivity index (χ4v) is 3.42. The van der Waals surface area contributed by atoms with Gasteiger partial charge in [0.15, 0.2) is 0 Å². The Balaban J connectivity index is 2.45. The molecular formula is C14H13Cl2NO2S. The summed E-state index contributed by atoms with van der Waals surface area (Å²) in [6, 6.07) is 11.3. The summed E-state index contributed by atoms with van der Waals surface area (Å²) in [7, 11) is -2.16. The number of benzene rings is 2. The Morgan fingerprint density at radius 1 is 0.950 bits per heavy atom. The molecule has 20 heavy (non-hydrogen) atoms. The molecule has 0 fully saturated rings. The molecule has 0 saturated carbocycles. The van der Waals surface area contributed by atoms with E-state index in [9.17, 15) is 8.42 Å². The first kappa shape index (κ1) is 15.2. The van der Waals surface area contributed by atoms with Gasteiger partial charge in [-0.2, -0.15) is 0 Å². The van der Waals surface area contributed by atoms with Crippen molar-refractivity contribution in [2.75, 3.05) is 11.4 Å². The number of nitrogens with zero attached hydrogens (tertiary/aromatic N) is 1. The van der Waals surface area contributed by atoms with Crippen LogP contribution in [0.2, 0.25) is 10.0 Å². The van der Waals surface area contributed by atoms with Gasteiger partial charge in [0.2, 0.25) is 0 Å². The van der Waals surface area contributed by atoms with Gasteiger partial charge in [-0.3, -0.25) is 4.31 Å². The molecule has 0 heterocycles. The van der Waals surface area contributed by atoms with E-state index in [-0.39, 0.29) is 4.90 Å². The van der Waals surface area contributed by atoms with Gasteiger partial charge in [0.25, 0.3) is 10.0 Å². The predicted molar refractivity (Wildman–Crippen MR) is 83.2 cm³/mol. The smallest absolute Gasteiger partial charge is 0.264 e. The van der Waals surface area contributed by atoms with E-state index in [1.165, 1.54) is 7.05 Å². The summed E-state index contributed by atoms with van der Waals surface area (Å²) in [5.74, 6) is 0. The zero-order valence-corrected chi connectivity index (χ0v) is 13.3. The Labute approximate surface area is 128 Å². The number of anilines is 1. The summed E-state index contributed by atoms with van der Waals surface area (Å²) >= 11 is 11.8. The largest absolute Gasteiger partial charge is 0.269 e. The van der Waals surface area contributed by atoms with Gasteiger partial charge < -0.3 is 0 Å². The van der Waals surface area contributed by atoms with Gasteiger partial charge in [0.1, 0.15) is 0 Å². The standard InChI is InChI=1S/C14H13Cl2NO2S/c1-10-3-5-14(6-4-10)20(18,19)17(2)13-8-11(15)7-12(16)9-13/h3-9H,1-2H3. The highest BCUT2D eigenvalue weighted by atomic mass is 35.5. The van der Waals surface area contributed by atoms with E-state index in [0.717, 1.165) is 9.87 Å². The van der Waals surface area contributed by atoms with Gasteiger partial charge in [0.05, 0.1) is 10.6 Å². The summed E-state index contributed by atoms with van der Waals surface area (Å²) < 4.78 is 26.2. The van der Waals surface area contributed by atoms with E-state index in [4.69, 9.17) is 23.2 Å². The molecule has 0 N–H and O–H groups in total. The van der Waals surface area contributed by atoms with E-state index in [1.54, 1.807) is 42.5 Å². The van der Waals surface area contributed by atoms with Crippen LogP contribution < -0.4 is 4.31 Å². The first-order valence-electron chi connectivity index (χ1n) is 5.82. The lowest BCUT2D eigenvalue weighted by Gasteiger charge is -2.20. The second kappa shape index (κ2) is 5.64. The topological polar surface area (TPSA) is 37.4 Å². The number of aryl methyl sites for hydroxylation is 1. The minimum absolute atomic E-state index is 0.224. The number of halogens is 2. The molecule has 2 aromatic rings. The number of sulfonamides is 1. The lowest BCUT2D eigenvalue weighted by atomic mass is 10.2. The van der Waals surface area contributed by atoms with Gasteiger partial charge >= 0.3 is 0 Å². The first-order valence-corrected chi connectivity index (χ1v) is 8.02. The van der Waals surface area contributed by atoms with Crippen LogP contribution in [0.1, 0.15) is 5.56 Å². The second-order valence-electron chi connectivity index (χ2n) is 4.41. The second-order valence-corrected chi connectivity index (χ2v) is 7.26. The molecule has 0 aliphatic rings. The van der Waals surface area contributed by atoms with Crippen molar-refractivity contribution < 1.29 is 8.42 Å². The van der Waals surface area contributed by atoms with E-state index >= 15 is 0 Å². The Hall–Kier alpha value is -1.23. The van der Waals surface area contributed by atoms with Gasteiger partial charge in [-0.15, -0.1) is 0 Å². The van der Waals surface area contributed by atoms with Crippen molar-refractivity contribution in [3.8, 4) is 0 Å². The molecule has 0 aliphatic carbocycles. The Bertz CT molecular complexity index is 707. The lowest BCUT2D eigenvalue weighted by Crippen LogP contribution is -2.26. The molecule has 3 nitrogen and oxygen atoms in total. The quantitative estimate of drug-likeness (QED) is 0.849. The van der Waals surface area contributed by atoms with Crippen molar-refractivity contribution in [2.45, 2.75) is 11.8 Å². The summed E-state index contributed by atoms with van der Waals surface area (Å²) in [6.07, 6.45) is 0. The SMILES string of the molecule is Cc1ccc(S(=O)(=O)N(C)c2cc(Cl)cc(Cl)c2)cc1. The highest BCUT2D eigenvalue weighted by molar-refractivity contribution is 7.92.